The van der Waals surface area contributed by atoms with Gasteiger partial charge >= 0.3 is 35.5 Å². The van der Waals surface area contributed by atoms with E-state index in [-0.39, 0.29) is 42.3 Å². The molecule has 0 aliphatic rings. The summed E-state index contributed by atoms with van der Waals surface area (Å²) in [6.07, 6.45) is 1.44. The molecular formula is C8H14N3NaO2S. The monoisotopic (exact) mass is 239 g/mol. The molecule has 0 bridgehead atoms. The van der Waals surface area contributed by atoms with Crippen molar-refractivity contribution in [3.05, 3.63) is 6.33 Å². The van der Waals surface area contributed by atoms with E-state index in [1.54, 1.807) is 4.68 Å². The van der Waals surface area contributed by atoms with Crippen molar-refractivity contribution < 1.29 is 40.9 Å². The molecule has 0 atom stereocenters. The minimum atomic E-state index is -0.849. The molecule has 80 valence electrons. The number of carboxylic acid groups (broad SMARTS) is 1. The van der Waals surface area contributed by atoms with Crippen molar-refractivity contribution in [2.24, 2.45) is 0 Å². The van der Waals surface area contributed by atoms with Gasteiger partial charge in [-0.25, -0.2) is 9.67 Å². The summed E-state index contributed by atoms with van der Waals surface area (Å²) in [5.74, 6) is -0.840. The van der Waals surface area contributed by atoms with Crippen LogP contribution in [0.1, 0.15) is 22.2 Å². The number of hydrogen-bond acceptors (Lipinski definition) is 4. The van der Waals surface area contributed by atoms with E-state index in [9.17, 15) is 4.79 Å². The maximum atomic E-state index is 10.4. The topological polar surface area (TPSA) is 68.0 Å². The van der Waals surface area contributed by atoms with E-state index >= 15 is 0 Å². The van der Waals surface area contributed by atoms with Crippen LogP contribution in [0.2, 0.25) is 0 Å². The Balaban J connectivity index is 0. The minimum absolute atomic E-state index is 0. The molecule has 15 heavy (non-hydrogen) atoms. The molecule has 0 aliphatic carbocycles. The Bertz CT molecular complexity index is 340. The number of carbonyl (C=O) groups is 1. The van der Waals surface area contributed by atoms with Crippen molar-refractivity contribution in [3.63, 3.8) is 0 Å². The van der Waals surface area contributed by atoms with Gasteiger partial charge in [0.25, 0.3) is 0 Å². The van der Waals surface area contributed by atoms with Gasteiger partial charge in [0.05, 0.1) is 11.3 Å². The summed E-state index contributed by atoms with van der Waals surface area (Å²) in [7, 11) is 0. The first-order valence-corrected chi connectivity index (χ1v) is 5.15. The van der Waals surface area contributed by atoms with Crippen LogP contribution < -0.4 is 29.6 Å². The molecule has 1 rings (SSSR count). The fraction of sp³-hybridized carbons (Fsp3) is 0.625. The van der Waals surface area contributed by atoms with Crippen LogP contribution in [0.15, 0.2) is 11.5 Å². The Morgan fingerprint density at radius 3 is 2.73 bits per heavy atom. The van der Waals surface area contributed by atoms with Crippen molar-refractivity contribution in [2.45, 2.75) is 31.5 Å². The summed E-state index contributed by atoms with van der Waals surface area (Å²) >= 11 is 1.18. The molecule has 0 aromatic carbocycles. The third kappa shape index (κ3) is 4.55. The molecule has 1 aromatic rings. The predicted molar refractivity (Wildman–Crippen MR) is 54.5 cm³/mol. The van der Waals surface area contributed by atoms with Gasteiger partial charge in [-0.1, -0.05) is 11.8 Å². The number of aromatic nitrogens is 3. The molecular weight excluding hydrogens is 225 g/mol. The van der Waals surface area contributed by atoms with Crippen molar-refractivity contribution >= 4 is 17.7 Å². The Kier molecular flexibility index (Phi) is 5.87. The fourth-order valence-electron chi connectivity index (χ4n) is 0.916. The molecule has 0 unspecified atom stereocenters. The summed E-state index contributed by atoms with van der Waals surface area (Å²) < 4.78 is 1.72. The standard InChI is InChI=1S/C8H13N3O2S.Na.H/c1-8(2,3)11-7(9-5-10-11)14-4-6(12)13;;/h5H,4H2,1-3H3,(H,12,13);;/q;+1;-1. The molecule has 0 saturated heterocycles. The molecule has 1 N–H and O–H groups in total. The Morgan fingerprint density at radius 2 is 2.27 bits per heavy atom. The predicted octanol–water partition coefficient (Wildman–Crippen LogP) is -1.67. The van der Waals surface area contributed by atoms with Crippen LogP contribution in [0, 0.1) is 0 Å². The summed E-state index contributed by atoms with van der Waals surface area (Å²) in [6.45, 7) is 5.98. The third-order valence-corrected chi connectivity index (χ3v) is 2.40. The van der Waals surface area contributed by atoms with Gasteiger partial charge in [0.15, 0.2) is 5.16 Å². The SMILES string of the molecule is CC(C)(C)n1ncnc1SCC(=O)O.[H-].[Na+]. The smallest absolute Gasteiger partial charge is 1.00 e. The summed E-state index contributed by atoms with van der Waals surface area (Å²) in [5.41, 5.74) is -0.169. The molecule has 7 heteroatoms. The van der Waals surface area contributed by atoms with E-state index in [1.165, 1.54) is 18.1 Å². The summed E-state index contributed by atoms with van der Waals surface area (Å²) in [5, 5.41) is 13.2. The van der Waals surface area contributed by atoms with E-state index in [2.05, 4.69) is 10.1 Å². The van der Waals surface area contributed by atoms with Gasteiger partial charge in [-0.15, -0.1) is 0 Å². The molecule has 0 aliphatic heterocycles. The van der Waals surface area contributed by atoms with Crippen molar-refractivity contribution in [2.75, 3.05) is 5.75 Å². The van der Waals surface area contributed by atoms with Gasteiger partial charge in [-0.05, 0) is 20.8 Å². The van der Waals surface area contributed by atoms with Crippen LogP contribution in [0.4, 0.5) is 0 Å². The van der Waals surface area contributed by atoms with Gasteiger partial charge in [0.2, 0.25) is 0 Å². The summed E-state index contributed by atoms with van der Waals surface area (Å²) in [6, 6.07) is 0. The average molecular weight is 239 g/mol. The third-order valence-electron chi connectivity index (χ3n) is 1.48. The van der Waals surface area contributed by atoms with Gasteiger partial charge < -0.3 is 6.53 Å². The maximum absolute atomic E-state index is 10.4. The number of carboxylic acids is 1. The molecule has 0 radical (unpaired) electrons. The number of rotatable bonds is 3. The van der Waals surface area contributed by atoms with Crippen LogP contribution in [0.25, 0.3) is 0 Å². The van der Waals surface area contributed by atoms with E-state index < -0.39 is 5.97 Å². The van der Waals surface area contributed by atoms with Gasteiger partial charge in [0.1, 0.15) is 6.33 Å². The molecule has 1 heterocycles. The molecule has 0 fully saturated rings. The average Bonchev–Trinajstić information content (AvgIpc) is 2.46. The molecule has 0 saturated carbocycles. The first-order valence-electron chi connectivity index (χ1n) is 4.16. The molecule has 0 spiro atoms. The molecule has 5 nitrogen and oxygen atoms in total. The number of nitrogens with zero attached hydrogens (tertiary/aromatic N) is 3. The first kappa shape index (κ1) is 15.0. The van der Waals surface area contributed by atoms with Crippen molar-refractivity contribution in [1.29, 1.82) is 0 Å². The Labute approximate surface area is 116 Å². The van der Waals surface area contributed by atoms with Gasteiger partial charge in [0, 0.05) is 0 Å². The van der Waals surface area contributed by atoms with E-state index in [0.717, 1.165) is 0 Å². The summed E-state index contributed by atoms with van der Waals surface area (Å²) in [4.78, 5) is 14.4. The first-order chi connectivity index (χ1) is 6.41. The Hall–Kier alpha value is -0.0400. The second-order valence-electron chi connectivity index (χ2n) is 3.81. The zero-order chi connectivity index (χ0) is 10.8. The quantitative estimate of drug-likeness (QED) is 0.504. The number of hydrogen-bond donors (Lipinski definition) is 1. The second-order valence-corrected chi connectivity index (χ2v) is 4.75. The van der Waals surface area contributed by atoms with Gasteiger partial charge in [-0.3, -0.25) is 4.79 Å². The largest absolute Gasteiger partial charge is 1.00 e. The maximum Gasteiger partial charge on any atom is 1.00 e. The van der Waals surface area contributed by atoms with Crippen LogP contribution in [-0.4, -0.2) is 31.6 Å². The van der Waals surface area contributed by atoms with Crippen LogP contribution >= 0.6 is 11.8 Å². The van der Waals surface area contributed by atoms with E-state index in [4.69, 9.17) is 5.11 Å². The fourth-order valence-corrected chi connectivity index (χ4v) is 1.73. The van der Waals surface area contributed by atoms with Gasteiger partial charge in [-0.2, -0.15) is 5.10 Å². The number of aliphatic carboxylic acids is 1. The second kappa shape index (κ2) is 5.89. The van der Waals surface area contributed by atoms with Crippen LogP contribution in [0.3, 0.4) is 0 Å². The Morgan fingerprint density at radius 1 is 1.67 bits per heavy atom. The van der Waals surface area contributed by atoms with Crippen molar-refractivity contribution in [3.8, 4) is 0 Å². The zero-order valence-electron chi connectivity index (χ0n) is 10.4. The van der Waals surface area contributed by atoms with E-state index in [1.807, 2.05) is 20.8 Å². The molecule has 0 amide bonds. The van der Waals surface area contributed by atoms with Crippen molar-refractivity contribution in [1.82, 2.24) is 14.8 Å². The zero-order valence-corrected chi connectivity index (χ0v) is 12.2. The minimum Gasteiger partial charge on any atom is -1.00 e. The number of thioether (sulfide) groups is 1. The van der Waals surface area contributed by atoms with Crippen LogP contribution in [-0.2, 0) is 10.3 Å². The normalized spacial score (nSPS) is 10.9. The molecule has 1 aromatic heterocycles. The van der Waals surface area contributed by atoms with Crippen LogP contribution in [0.5, 0.6) is 0 Å². The van der Waals surface area contributed by atoms with E-state index in [0.29, 0.717) is 5.16 Å².